The quantitative estimate of drug-likeness (QED) is 0.758. The van der Waals surface area contributed by atoms with Crippen molar-refractivity contribution < 1.29 is 9.53 Å². The van der Waals surface area contributed by atoms with E-state index in [4.69, 9.17) is 22.7 Å². The molecule has 0 bridgehead atoms. The van der Waals surface area contributed by atoms with Gasteiger partial charge in [-0.2, -0.15) is 0 Å². The number of nitrogens with zero attached hydrogens (tertiary/aromatic N) is 1. The van der Waals surface area contributed by atoms with Gasteiger partial charge in [-0.1, -0.05) is 12.2 Å². The van der Waals surface area contributed by atoms with Crippen LogP contribution in [0.5, 0.6) is 5.75 Å². The average molecular weight is 281 g/mol. The first-order valence-electron chi connectivity index (χ1n) is 5.96. The van der Waals surface area contributed by atoms with E-state index in [-0.39, 0.29) is 12.5 Å². The number of amides is 1. The van der Waals surface area contributed by atoms with Gasteiger partial charge in [0, 0.05) is 25.2 Å². The highest BCUT2D eigenvalue weighted by Crippen LogP contribution is 2.26. The predicted molar refractivity (Wildman–Crippen MR) is 80.8 cm³/mol. The fourth-order valence-corrected chi connectivity index (χ4v) is 1.90. The van der Waals surface area contributed by atoms with Crippen LogP contribution in [0.15, 0.2) is 18.2 Å². The van der Waals surface area contributed by atoms with E-state index in [0.717, 1.165) is 11.3 Å². The molecule has 0 radical (unpaired) electrons. The SMILES string of the molecule is CCN(CC(=O)NC)c1cc(OC)ccc1C(N)=S. The molecule has 0 aliphatic rings. The van der Waals surface area contributed by atoms with Crippen LogP contribution in [0.4, 0.5) is 5.69 Å². The number of ether oxygens (including phenoxy) is 1. The van der Waals surface area contributed by atoms with Gasteiger partial charge >= 0.3 is 0 Å². The molecule has 6 heteroatoms. The summed E-state index contributed by atoms with van der Waals surface area (Å²) >= 11 is 5.05. The minimum atomic E-state index is -0.0708. The lowest BCUT2D eigenvalue weighted by molar-refractivity contribution is -0.119. The Balaban J connectivity index is 3.18. The fraction of sp³-hybridized carbons (Fsp3) is 0.385. The number of rotatable bonds is 6. The molecule has 1 aromatic rings. The molecule has 0 unspecified atom stereocenters. The Morgan fingerprint density at radius 3 is 2.68 bits per heavy atom. The van der Waals surface area contributed by atoms with Gasteiger partial charge < -0.3 is 20.7 Å². The van der Waals surface area contributed by atoms with Gasteiger partial charge in [0.1, 0.15) is 10.7 Å². The topological polar surface area (TPSA) is 67.6 Å². The van der Waals surface area contributed by atoms with E-state index in [1.165, 1.54) is 0 Å². The summed E-state index contributed by atoms with van der Waals surface area (Å²) in [6.45, 7) is 2.87. The fourth-order valence-electron chi connectivity index (χ4n) is 1.73. The number of hydrogen-bond donors (Lipinski definition) is 2. The third kappa shape index (κ3) is 3.82. The Hall–Kier alpha value is -1.82. The molecule has 0 fully saturated rings. The van der Waals surface area contributed by atoms with E-state index < -0.39 is 0 Å². The summed E-state index contributed by atoms with van der Waals surface area (Å²) in [6.07, 6.45) is 0. The summed E-state index contributed by atoms with van der Waals surface area (Å²) < 4.78 is 5.20. The van der Waals surface area contributed by atoms with Gasteiger partial charge in [-0.15, -0.1) is 0 Å². The highest BCUT2D eigenvalue weighted by atomic mass is 32.1. The minimum Gasteiger partial charge on any atom is -0.497 e. The second-order valence-corrected chi connectivity index (χ2v) is 4.37. The molecular formula is C13H19N3O2S. The summed E-state index contributed by atoms with van der Waals surface area (Å²) in [5, 5.41) is 2.60. The molecule has 0 saturated heterocycles. The number of carbonyl (C=O) groups excluding carboxylic acids is 1. The van der Waals surface area contributed by atoms with E-state index in [1.807, 2.05) is 24.0 Å². The number of anilines is 1. The van der Waals surface area contributed by atoms with Crippen molar-refractivity contribution in [2.24, 2.45) is 5.73 Å². The standard InChI is InChI=1S/C13H19N3O2S/c1-4-16(8-12(17)15-2)11-7-9(18-3)5-6-10(11)13(14)19/h5-7H,4,8H2,1-3H3,(H2,14,19)(H,15,17). The van der Waals surface area contributed by atoms with Crippen LogP contribution < -0.4 is 20.7 Å². The van der Waals surface area contributed by atoms with Crippen molar-refractivity contribution in [3.8, 4) is 5.75 Å². The van der Waals surface area contributed by atoms with E-state index in [2.05, 4.69) is 5.32 Å². The lowest BCUT2D eigenvalue weighted by Gasteiger charge is -2.25. The lowest BCUT2D eigenvalue weighted by Crippen LogP contribution is -2.36. The van der Waals surface area contributed by atoms with Gasteiger partial charge in [-0.3, -0.25) is 4.79 Å². The summed E-state index contributed by atoms with van der Waals surface area (Å²) in [7, 11) is 3.20. The number of hydrogen-bond acceptors (Lipinski definition) is 4. The maximum atomic E-state index is 11.5. The van der Waals surface area contributed by atoms with E-state index in [0.29, 0.717) is 17.3 Å². The summed E-state index contributed by atoms with van der Waals surface area (Å²) in [6, 6.07) is 5.44. The van der Waals surface area contributed by atoms with Crippen LogP contribution in [0.1, 0.15) is 12.5 Å². The summed E-state index contributed by atoms with van der Waals surface area (Å²) in [4.78, 5) is 13.7. The molecular weight excluding hydrogens is 262 g/mol. The van der Waals surface area contributed by atoms with Crippen molar-refractivity contribution in [3.63, 3.8) is 0 Å². The van der Waals surface area contributed by atoms with Gasteiger partial charge in [-0.25, -0.2) is 0 Å². The monoisotopic (exact) mass is 281 g/mol. The predicted octanol–water partition coefficient (Wildman–Crippen LogP) is 0.902. The molecule has 0 heterocycles. The molecule has 0 aromatic heterocycles. The second-order valence-electron chi connectivity index (χ2n) is 3.93. The molecule has 5 nitrogen and oxygen atoms in total. The van der Waals surface area contributed by atoms with Crippen LogP contribution in [-0.2, 0) is 4.79 Å². The largest absolute Gasteiger partial charge is 0.497 e. The molecule has 0 saturated carbocycles. The Bertz CT molecular complexity index is 477. The van der Waals surface area contributed by atoms with Crippen LogP contribution in [0.3, 0.4) is 0 Å². The van der Waals surface area contributed by atoms with Crippen molar-refractivity contribution in [3.05, 3.63) is 23.8 Å². The first kappa shape index (κ1) is 15.2. The molecule has 0 atom stereocenters. The number of likely N-dealkylation sites (N-methyl/N-ethyl adjacent to an activating group) is 2. The number of nitrogens with one attached hydrogen (secondary N) is 1. The smallest absolute Gasteiger partial charge is 0.239 e. The van der Waals surface area contributed by atoms with Crippen LogP contribution >= 0.6 is 12.2 Å². The van der Waals surface area contributed by atoms with E-state index in [9.17, 15) is 4.79 Å². The van der Waals surface area contributed by atoms with Gasteiger partial charge in [0.05, 0.1) is 19.3 Å². The highest BCUT2D eigenvalue weighted by Gasteiger charge is 2.15. The van der Waals surface area contributed by atoms with Crippen LogP contribution in [-0.4, -0.2) is 38.1 Å². The van der Waals surface area contributed by atoms with Crippen LogP contribution in [0.2, 0.25) is 0 Å². The molecule has 0 spiro atoms. The number of thiocarbonyl (C=S) groups is 1. The van der Waals surface area contributed by atoms with Crippen molar-refractivity contribution in [1.29, 1.82) is 0 Å². The third-order valence-electron chi connectivity index (χ3n) is 2.81. The molecule has 1 rings (SSSR count). The molecule has 1 amide bonds. The van der Waals surface area contributed by atoms with E-state index >= 15 is 0 Å². The first-order chi connectivity index (χ1) is 9.03. The van der Waals surface area contributed by atoms with Gasteiger partial charge in [0.2, 0.25) is 5.91 Å². The van der Waals surface area contributed by atoms with Crippen LogP contribution in [0, 0.1) is 0 Å². The number of benzene rings is 1. The van der Waals surface area contributed by atoms with Crippen molar-refractivity contribution in [1.82, 2.24) is 5.32 Å². The molecule has 1 aromatic carbocycles. The Labute approximate surface area is 118 Å². The van der Waals surface area contributed by atoms with Crippen molar-refractivity contribution in [2.45, 2.75) is 6.92 Å². The number of methoxy groups -OCH3 is 1. The Kier molecular flexibility index (Phi) is 5.57. The second kappa shape index (κ2) is 6.94. The van der Waals surface area contributed by atoms with Crippen LogP contribution in [0.25, 0.3) is 0 Å². The van der Waals surface area contributed by atoms with Gasteiger partial charge in [-0.05, 0) is 19.1 Å². The molecule has 0 aliphatic heterocycles. The number of nitrogens with two attached hydrogens (primary N) is 1. The zero-order valence-electron chi connectivity index (χ0n) is 11.4. The van der Waals surface area contributed by atoms with Gasteiger partial charge in [0.25, 0.3) is 0 Å². The minimum absolute atomic E-state index is 0.0708. The summed E-state index contributed by atoms with van der Waals surface area (Å²) in [5.41, 5.74) is 7.27. The molecule has 19 heavy (non-hydrogen) atoms. The zero-order chi connectivity index (χ0) is 14.4. The lowest BCUT2D eigenvalue weighted by atomic mass is 10.1. The first-order valence-corrected chi connectivity index (χ1v) is 6.37. The van der Waals surface area contributed by atoms with Gasteiger partial charge in [0.15, 0.2) is 0 Å². The van der Waals surface area contributed by atoms with Crippen molar-refractivity contribution in [2.75, 3.05) is 32.1 Å². The zero-order valence-corrected chi connectivity index (χ0v) is 12.2. The third-order valence-corrected chi connectivity index (χ3v) is 3.03. The average Bonchev–Trinajstić information content (AvgIpc) is 2.43. The highest BCUT2D eigenvalue weighted by molar-refractivity contribution is 7.80. The Morgan fingerprint density at radius 1 is 1.53 bits per heavy atom. The molecule has 104 valence electrons. The molecule has 3 N–H and O–H groups in total. The molecule has 0 aliphatic carbocycles. The number of carbonyl (C=O) groups is 1. The Morgan fingerprint density at radius 2 is 2.21 bits per heavy atom. The normalized spacial score (nSPS) is 9.84. The van der Waals surface area contributed by atoms with E-state index in [1.54, 1.807) is 20.2 Å². The van der Waals surface area contributed by atoms with Crippen molar-refractivity contribution >= 4 is 28.8 Å². The maximum Gasteiger partial charge on any atom is 0.239 e. The summed E-state index contributed by atoms with van der Waals surface area (Å²) in [5.74, 6) is 0.629. The maximum absolute atomic E-state index is 11.5.